The smallest absolute Gasteiger partial charge is 0.272 e. The molecular formula is C33H36N6O3S. The van der Waals surface area contributed by atoms with Gasteiger partial charge in [-0.3, -0.25) is 9.59 Å². The number of methoxy groups -OCH3 is 1. The number of nitrogens with one attached hydrogen (secondary N) is 2. The highest BCUT2D eigenvalue weighted by molar-refractivity contribution is 7.18. The summed E-state index contributed by atoms with van der Waals surface area (Å²) in [6.07, 6.45) is 4.99. The molecular weight excluding hydrogens is 560 g/mol. The van der Waals surface area contributed by atoms with E-state index in [4.69, 9.17) is 10.5 Å². The number of thiophene rings is 1. The van der Waals surface area contributed by atoms with Gasteiger partial charge in [0.25, 0.3) is 5.91 Å². The summed E-state index contributed by atoms with van der Waals surface area (Å²) in [5.74, 6) is 0.541. The van der Waals surface area contributed by atoms with Crippen molar-refractivity contribution >= 4 is 61.7 Å². The van der Waals surface area contributed by atoms with Gasteiger partial charge in [0.2, 0.25) is 5.91 Å². The number of nitrogens with zero attached hydrogens (tertiary/aromatic N) is 3. The van der Waals surface area contributed by atoms with Gasteiger partial charge in [-0.1, -0.05) is 38.1 Å². The number of carbonyl (C=O) groups is 2. The first-order valence-corrected chi connectivity index (χ1v) is 15.1. The standard InChI is InChI=1S/C33H36N6O3S/c1-5-39(6-2)16-15-35-29(40)14-12-23-19-36-32(34)30-24(20-43-31(23)30)21-11-13-25(28(18-21)42-4)37-33(41)27-17-22-9-7-8-10-26(22)38(27)3/h7-14,17-20H,5-6,15-16H2,1-4H3,(H2,34,36)(H,35,40)(H,37,41). The van der Waals surface area contributed by atoms with Crippen molar-refractivity contribution in [3.05, 3.63) is 77.4 Å². The molecule has 0 aliphatic heterocycles. The van der Waals surface area contributed by atoms with Crippen LogP contribution >= 0.6 is 11.3 Å². The third kappa shape index (κ3) is 6.25. The summed E-state index contributed by atoms with van der Waals surface area (Å²) in [4.78, 5) is 32.3. The number of pyridine rings is 1. The Morgan fingerprint density at radius 2 is 1.93 bits per heavy atom. The molecule has 3 heterocycles. The number of fused-ring (bicyclic) bond motifs is 2. The van der Waals surface area contributed by atoms with Gasteiger partial charge in [-0.05, 0) is 54.4 Å². The van der Waals surface area contributed by atoms with Gasteiger partial charge in [0.05, 0.1) is 12.8 Å². The van der Waals surface area contributed by atoms with Gasteiger partial charge in [0, 0.05) is 64.5 Å². The van der Waals surface area contributed by atoms with E-state index in [0.29, 0.717) is 29.5 Å². The molecule has 222 valence electrons. The number of nitrogens with two attached hydrogens (primary N) is 1. The molecule has 0 spiro atoms. The van der Waals surface area contributed by atoms with Crippen LogP contribution < -0.4 is 21.1 Å². The summed E-state index contributed by atoms with van der Waals surface area (Å²) in [6.45, 7) is 7.51. The molecule has 9 nitrogen and oxygen atoms in total. The van der Waals surface area contributed by atoms with Gasteiger partial charge in [0.15, 0.2) is 0 Å². The Hall–Kier alpha value is -4.67. The van der Waals surface area contributed by atoms with E-state index in [1.54, 1.807) is 19.4 Å². The minimum Gasteiger partial charge on any atom is -0.495 e. The van der Waals surface area contributed by atoms with E-state index < -0.39 is 0 Å². The fourth-order valence-electron chi connectivity index (χ4n) is 5.17. The molecule has 0 atom stereocenters. The number of para-hydroxylation sites is 1. The number of anilines is 2. The molecule has 0 saturated carbocycles. The zero-order valence-electron chi connectivity index (χ0n) is 24.8. The zero-order chi connectivity index (χ0) is 30.5. The summed E-state index contributed by atoms with van der Waals surface area (Å²) in [5, 5.41) is 9.76. The fraction of sp³-hybridized carbons (Fsp3) is 0.242. The first kappa shape index (κ1) is 29.8. The van der Waals surface area contributed by atoms with Crippen LogP contribution in [0.25, 0.3) is 38.2 Å². The van der Waals surface area contributed by atoms with Crippen LogP contribution in [0.1, 0.15) is 29.9 Å². The minimum absolute atomic E-state index is 0.153. The van der Waals surface area contributed by atoms with Crippen LogP contribution in [0.3, 0.4) is 0 Å². The average Bonchev–Trinajstić information content (AvgIpc) is 3.62. The summed E-state index contributed by atoms with van der Waals surface area (Å²) in [5.41, 5.74) is 11.0. The van der Waals surface area contributed by atoms with Crippen molar-refractivity contribution in [3.8, 4) is 16.9 Å². The number of amides is 2. The maximum atomic E-state index is 13.2. The molecule has 0 aliphatic rings. The number of aromatic nitrogens is 2. The van der Waals surface area contributed by atoms with Gasteiger partial charge in [-0.25, -0.2) is 4.98 Å². The van der Waals surface area contributed by atoms with Crippen LogP contribution in [0.15, 0.2) is 66.2 Å². The topological polar surface area (TPSA) is 115 Å². The Balaban J connectivity index is 1.37. The molecule has 43 heavy (non-hydrogen) atoms. The highest BCUT2D eigenvalue weighted by atomic mass is 32.1. The van der Waals surface area contributed by atoms with E-state index in [9.17, 15) is 9.59 Å². The quantitative estimate of drug-likeness (QED) is 0.167. The molecule has 0 saturated heterocycles. The third-order valence-corrected chi connectivity index (χ3v) is 8.66. The van der Waals surface area contributed by atoms with Crippen LogP contribution in [0, 0.1) is 0 Å². The van der Waals surface area contributed by atoms with Crippen LogP contribution in [-0.2, 0) is 11.8 Å². The largest absolute Gasteiger partial charge is 0.495 e. The number of benzene rings is 2. The molecule has 5 aromatic rings. The van der Waals surface area contributed by atoms with Crippen LogP contribution in [0.4, 0.5) is 11.5 Å². The molecule has 10 heteroatoms. The predicted octanol–water partition coefficient (Wildman–Crippen LogP) is 5.77. The molecule has 5 rings (SSSR count). The Morgan fingerprint density at radius 3 is 2.67 bits per heavy atom. The third-order valence-electron chi connectivity index (χ3n) is 7.63. The minimum atomic E-state index is -0.229. The van der Waals surface area contributed by atoms with E-state index in [2.05, 4.69) is 34.4 Å². The number of likely N-dealkylation sites (N-methyl/N-ethyl adjacent to an activating group) is 1. The average molecular weight is 597 g/mol. The lowest BCUT2D eigenvalue weighted by Gasteiger charge is -2.17. The number of ether oxygens (including phenoxy) is 1. The van der Waals surface area contributed by atoms with E-state index in [0.717, 1.165) is 57.3 Å². The molecule has 4 N–H and O–H groups in total. The van der Waals surface area contributed by atoms with Gasteiger partial charge >= 0.3 is 0 Å². The molecule has 0 aliphatic carbocycles. The van der Waals surface area contributed by atoms with Crippen molar-refractivity contribution < 1.29 is 14.3 Å². The van der Waals surface area contributed by atoms with E-state index in [1.165, 1.54) is 17.4 Å². The lowest BCUT2D eigenvalue weighted by molar-refractivity contribution is -0.116. The molecule has 3 aromatic heterocycles. The normalized spacial score (nSPS) is 11.6. The Morgan fingerprint density at radius 1 is 1.14 bits per heavy atom. The van der Waals surface area contributed by atoms with Crippen molar-refractivity contribution in [3.63, 3.8) is 0 Å². The van der Waals surface area contributed by atoms with Crippen LogP contribution in [-0.4, -0.2) is 59.6 Å². The number of carbonyl (C=O) groups excluding carboxylic acids is 2. The monoisotopic (exact) mass is 596 g/mol. The number of aryl methyl sites for hydroxylation is 1. The number of rotatable bonds is 11. The van der Waals surface area contributed by atoms with E-state index in [1.807, 2.05) is 65.5 Å². The van der Waals surface area contributed by atoms with E-state index in [-0.39, 0.29) is 11.8 Å². The van der Waals surface area contributed by atoms with Gasteiger partial charge in [0.1, 0.15) is 17.3 Å². The molecule has 0 bridgehead atoms. The van der Waals surface area contributed by atoms with Gasteiger partial charge in [-0.15, -0.1) is 11.3 Å². The number of hydrogen-bond acceptors (Lipinski definition) is 7. The second-order valence-corrected chi connectivity index (χ2v) is 11.0. The van der Waals surface area contributed by atoms with E-state index >= 15 is 0 Å². The Labute approximate surface area is 255 Å². The van der Waals surface area contributed by atoms with Gasteiger partial charge in [-0.2, -0.15) is 0 Å². The maximum Gasteiger partial charge on any atom is 0.272 e. The van der Waals surface area contributed by atoms with Gasteiger partial charge < -0.3 is 30.6 Å². The summed E-state index contributed by atoms with van der Waals surface area (Å²) >= 11 is 1.54. The van der Waals surface area contributed by atoms with Crippen molar-refractivity contribution in [1.82, 2.24) is 19.8 Å². The highest BCUT2D eigenvalue weighted by Gasteiger charge is 2.18. The Bertz CT molecular complexity index is 1820. The molecule has 2 aromatic carbocycles. The highest BCUT2D eigenvalue weighted by Crippen LogP contribution is 2.41. The zero-order valence-corrected chi connectivity index (χ0v) is 25.6. The fourth-order valence-corrected chi connectivity index (χ4v) is 6.25. The molecule has 2 amide bonds. The lowest BCUT2D eigenvalue weighted by atomic mass is 10.0. The number of nitrogen functional groups attached to an aromatic ring is 1. The summed E-state index contributed by atoms with van der Waals surface area (Å²) in [7, 11) is 3.45. The summed E-state index contributed by atoms with van der Waals surface area (Å²) < 4.78 is 8.49. The molecule has 0 unspecified atom stereocenters. The SMILES string of the molecule is CCN(CC)CCNC(=O)C=Cc1cnc(N)c2c(-c3ccc(NC(=O)c4cc5ccccc5n4C)c(OC)c3)csc12. The number of hydrogen-bond donors (Lipinski definition) is 3. The maximum absolute atomic E-state index is 13.2. The van der Waals surface area contributed by atoms with Crippen LogP contribution in [0.2, 0.25) is 0 Å². The predicted molar refractivity (Wildman–Crippen MR) is 177 cm³/mol. The van der Waals surface area contributed by atoms with Crippen molar-refractivity contribution in [2.45, 2.75) is 13.8 Å². The van der Waals surface area contributed by atoms with Crippen molar-refractivity contribution in [2.75, 3.05) is 44.3 Å². The van der Waals surface area contributed by atoms with Crippen LogP contribution in [0.5, 0.6) is 5.75 Å². The second-order valence-electron chi connectivity index (χ2n) is 10.1. The van der Waals surface area contributed by atoms with Crippen molar-refractivity contribution in [2.24, 2.45) is 7.05 Å². The first-order valence-electron chi connectivity index (χ1n) is 14.2. The Kier molecular flexibility index (Phi) is 9.08. The summed E-state index contributed by atoms with van der Waals surface area (Å²) in [6, 6.07) is 15.4. The molecule has 0 radical (unpaired) electrons. The lowest BCUT2D eigenvalue weighted by Crippen LogP contribution is -2.34. The van der Waals surface area contributed by atoms with Crippen molar-refractivity contribution in [1.29, 1.82) is 0 Å². The molecule has 0 fully saturated rings. The second kappa shape index (κ2) is 13.1. The first-order chi connectivity index (χ1) is 20.8.